The van der Waals surface area contributed by atoms with Gasteiger partial charge in [0.05, 0.1) is 39.6 Å². The zero-order valence-corrected chi connectivity index (χ0v) is 13.3. The first-order valence-electron chi connectivity index (χ1n) is 8.02. The number of fused-ring (bicyclic) bond motifs is 1. The summed E-state index contributed by atoms with van der Waals surface area (Å²) in [4.78, 5) is 0. The molecule has 1 aliphatic rings. The fraction of sp³-hybridized carbons (Fsp3) is 0.647. The molecule has 0 bridgehead atoms. The molecule has 1 atom stereocenters. The summed E-state index contributed by atoms with van der Waals surface area (Å²) in [5.74, 6) is 1.51. The Bertz CT molecular complexity index is 410. The molecule has 0 spiro atoms. The van der Waals surface area contributed by atoms with Crippen LogP contribution >= 0.6 is 0 Å². The maximum absolute atomic E-state index is 6.08. The molecule has 0 radical (unpaired) electrons. The third kappa shape index (κ3) is 6.22. The molecule has 0 amide bonds. The molecule has 2 rings (SSSR count). The first kappa shape index (κ1) is 17.1. The number of hydrogen-bond donors (Lipinski definition) is 0. The van der Waals surface area contributed by atoms with Crippen LogP contribution in [0.4, 0.5) is 0 Å². The van der Waals surface area contributed by atoms with Crippen LogP contribution in [0.5, 0.6) is 11.5 Å². The third-order valence-electron chi connectivity index (χ3n) is 3.29. The lowest BCUT2D eigenvalue weighted by Gasteiger charge is -2.20. The minimum atomic E-state index is 0.0242. The average molecular weight is 310 g/mol. The lowest BCUT2D eigenvalue weighted by molar-refractivity contribution is -0.00577. The summed E-state index contributed by atoms with van der Waals surface area (Å²) in [6.07, 6.45) is 2.01. The zero-order chi connectivity index (χ0) is 15.5. The van der Waals surface area contributed by atoms with Gasteiger partial charge < -0.3 is 23.7 Å². The first-order valence-corrected chi connectivity index (χ1v) is 8.02. The van der Waals surface area contributed by atoms with Crippen molar-refractivity contribution >= 4 is 0 Å². The largest absolute Gasteiger partial charge is 0.487 e. The molecular formula is C17H26O5. The van der Waals surface area contributed by atoms with Crippen LogP contribution in [0.25, 0.3) is 0 Å². The summed E-state index contributed by atoms with van der Waals surface area (Å²) >= 11 is 0. The van der Waals surface area contributed by atoms with Crippen LogP contribution in [0.1, 0.15) is 19.8 Å². The van der Waals surface area contributed by atoms with Crippen molar-refractivity contribution in [2.45, 2.75) is 25.9 Å². The zero-order valence-electron chi connectivity index (χ0n) is 13.3. The van der Waals surface area contributed by atoms with Crippen molar-refractivity contribution in [2.24, 2.45) is 0 Å². The van der Waals surface area contributed by atoms with E-state index in [4.69, 9.17) is 23.7 Å². The SMILES string of the molecule is CCC[C@@H]1COCCOCCOCCOc2ccccc2O1. The van der Waals surface area contributed by atoms with E-state index in [-0.39, 0.29) is 6.10 Å². The second kappa shape index (κ2) is 10.4. The second-order valence-corrected chi connectivity index (χ2v) is 5.12. The monoisotopic (exact) mass is 310 g/mol. The Kier molecular flexibility index (Phi) is 8.09. The van der Waals surface area contributed by atoms with Gasteiger partial charge in [0, 0.05) is 0 Å². The highest BCUT2D eigenvalue weighted by Gasteiger charge is 2.13. The maximum Gasteiger partial charge on any atom is 0.161 e. The minimum absolute atomic E-state index is 0.0242. The van der Waals surface area contributed by atoms with E-state index in [1.807, 2.05) is 24.3 Å². The Morgan fingerprint density at radius 3 is 2.23 bits per heavy atom. The number of rotatable bonds is 2. The van der Waals surface area contributed by atoms with Crippen LogP contribution in [0.2, 0.25) is 0 Å². The molecule has 0 unspecified atom stereocenters. The van der Waals surface area contributed by atoms with E-state index in [9.17, 15) is 0 Å². The van der Waals surface area contributed by atoms with E-state index in [1.54, 1.807) is 0 Å². The van der Waals surface area contributed by atoms with Gasteiger partial charge in [-0.15, -0.1) is 0 Å². The molecule has 0 N–H and O–H groups in total. The van der Waals surface area contributed by atoms with Crippen molar-refractivity contribution in [2.75, 3.05) is 46.2 Å². The summed E-state index contributed by atoms with van der Waals surface area (Å²) in [6.45, 7) is 6.03. The lowest BCUT2D eigenvalue weighted by Crippen LogP contribution is -2.24. The Morgan fingerprint density at radius 1 is 0.864 bits per heavy atom. The van der Waals surface area contributed by atoms with Crippen LogP contribution < -0.4 is 9.47 Å². The number of hydrogen-bond acceptors (Lipinski definition) is 5. The van der Waals surface area contributed by atoms with Gasteiger partial charge in [0.25, 0.3) is 0 Å². The van der Waals surface area contributed by atoms with Gasteiger partial charge in [0.1, 0.15) is 12.7 Å². The van der Waals surface area contributed by atoms with Crippen LogP contribution in [0.3, 0.4) is 0 Å². The molecule has 124 valence electrons. The molecule has 5 nitrogen and oxygen atoms in total. The molecule has 0 aromatic heterocycles. The highest BCUT2D eigenvalue weighted by atomic mass is 16.6. The van der Waals surface area contributed by atoms with Gasteiger partial charge >= 0.3 is 0 Å². The van der Waals surface area contributed by atoms with Gasteiger partial charge in [-0.25, -0.2) is 0 Å². The fourth-order valence-corrected chi connectivity index (χ4v) is 2.21. The average Bonchev–Trinajstić information content (AvgIpc) is 2.54. The van der Waals surface area contributed by atoms with E-state index in [0.29, 0.717) is 46.2 Å². The molecule has 1 aromatic carbocycles. The predicted molar refractivity (Wildman–Crippen MR) is 83.7 cm³/mol. The standard InChI is InChI=1S/C17H26O5/c1-2-5-15-14-20-11-10-18-8-9-19-12-13-21-16-6-3-4-7-17(16)22-15/h3-4,6-7,15H,2,5,8-14H2,1H3/t15-/m1/s1. The van der Waals surface area contributed by atoms with Gasteiger partial charge in [0.15, 0.2) is 11.5 Å². The second-order valence-electron chi connectivity index (χ2n) is 5.12. The van der Waals surface area contributed by atoms with Crippen LogP contribution in [-0.4, -0.2) is 52.4 Å². The Hall–Kier alpha value is -1.30. The quantitative estimate of drug-likeness (QED) is 0.840. The van der Waals surface area contributed by atoms with Crippen LogP contribution in [0, 0.1) is 0 Å². The summed E-state index contributed by atoms with van der Waals surface area (Å²) in [7, 11) is 0. The van der Waals surface area contributed by atoms with E-state index in [0.717, 1.165) is 24.3 Å². The van der Waals surface area contributed by atoms with Crippen molar-refractivity contribution in [3.8, 4) is 11.5 Å². The molecule has 1 aliphatic heterocycles. The van der Waals surface area contributed by atoms with Crippen molar-refractivity contribution in [1.82, 2.24) is 0 Å². The summed E-state index contributed by atoms with van der Waals surface area (Å²) in [5, 5.41) is 0. The van der Waals surface area contributed by atoms with Crippen molar-refractivity contribution in [1.29, 1.82) is 0 Å². The van der Waals surface area contributed by atoms with Crippen LogP contribution in [0.15, 0.2) is 24.3 Å². The predicted octanol–water partition coefficient (Wildman–Crippen LogP) is 2.68. The minimum Gasteiger partial charge on any atom is -0.487 e. The number of benzene rings is 1. The van der Waals surface area contributed by atoms with E-state index in [1.165, 1.54) is 0 Å². The summed E-state index contributed by atoms with van der Waals surface area (Å²) in [5.41, 5.74) is 0. The van der Waals surface area contributed by atoms with Gasteiger partial charge in [0.2, 0.25) is 0 Å². The third-order valence-corrected chi connectivity index (χ3v) is 3.29. The maximum atomic E-state index is 6.08. The van der Waals surface area contributed by atoms with E-state index < -0.39 is 0 Å². The lowest BCUT2D eigenvalue weighted by atomic mass is 10.2. The van der Waals surface area contributed by atoms with Gasteiger partial charge in [-0.05, 0) is 18.6 Å². The van der Waals surface area contributed by atoms with Crippen molar-refractivity contribution in [3.05, 3.63) is 24.3 Å². The Morgan fingerprint density at radius 2 is 1.50 bits per heavy atom. The van der Waals surface area contributed by atoms with Gasteiger partial charge in [-0.3, -0.25) is 0 Å². The Labute approximate surface area is 132 Å². The molecule has 0 aliphatic carbocycles. The molecule has 5 heteroatoms. The number of para-hydroxylation sites is 2. The smallest absolute Gasteiger partial charge is 0.161 e. The molecular weight excluding hydrogens is 284 g/mol. The normalized spacial score (nSPS) is 21.6. The molecule has 0 saturated heterocycles. The highest BCUT2D eigenvalue weighted by molar-refractivity contribution is 5.39. The molecule has 22 heavy (non-hydrogen) atoms. The highest BCUT2D eigenvalue weighted by Crippen LogP contribution is 2.28. The van der Waals surface area contributed by atoms with Gasteiger partial charge in [-0.1, -0.05) is 25.5 Å². The molecule has 0 saturated carbocycles. The van der Waals surface area contributed by atoms with Crippen LogP contribution in [-0.2, 0) is 14.2 Å². The van der Waals surface area contributed by atoms with Gasteiger partial charge in [-0.2, -0.15) is 0 Å². The van der Waals surface area contributed by atoms with E-state index >= 15 is 0 Å². The topological polar surface area (TPSA) is 46.2 Å². The molecule has 0 fully saturated rings. The van der Waals surface area contributed by atoms with Crippen molar-refractivity contribution in [3.63, 3.8) is 0 Å². The first-order chi connectivity index (χ1) is 10.9. The molecule has 1 aromatic rings. The molecule has 1 heterocycles. The number of ether oxygens (including phenoxy) is 5. The van der Waals surface area contributed by atoms with Crippen molar-refractivity contribution < 1.29 is 23.7 Å². The van der Waals surface area contributed by atoms with E-state index in [2.05, 4.69) is 6.92 Å². The Balaban J connectivity index is 2.00. The summed E-state index contributed by atoms with van der Waals surface area (Å²) < 4.78 is 28.4. The fourth-order valence-electron chi connectivity index (χ4n) is 2.21. The summed E-state index contributed by atoms with van der Waals surface area (Å²) in [6, 6.07) is 7.74.